The van der Waals surface area contributed by atoms with E-state index in [1.54, 1.807) is 24.3 Å². The van der Waals surface area contributed by atoms with Gasteiger partial charge in [-0.3, -0.25) is 9.59 Å². The predicted octanol–water partition coefficient (Wildman–Crippen LogP) is 6.65. The van der Waals surface area contributed by atoms with Gasteiger partial charge in [0.25, 0.3) is 0 Å². The van der Waals surface area contributed by atoms with Crippen LogP contribution >= 0.6 is 11.6 Å². The second-order valence-corrected chi connectivity index (χ2v) is 11.6. The molecule has 2 aromatic carbocycles. The zero-order valence-corrected chi connectivity index (χ0v) is 20.0. The first-order valence-corrected chi connectivity index (χ1v) is 12.4. The fraction of sp³-hybridized carbons (Fsp3) is 0.429. The molecule has 33 heavy (non-hydrogen) atoms. The van der Waals surface area contributed by atoms with Gasteiger partial charge in [-0.25, -0.2) is 4.90 Å². The lowest BCUT2D eigenvalue weighted by Gasteiger charge is -2.47. The third-order valence-electron chi connectivity index (χ3n) is 8.48. The molecular formula is C28H29ClN2O2. The number of H-pyrrole nitrogens is 1. The number of amides is 2. The summed E-state index contributed by atoms with van der Waals surface area (Å²) in [6.45, 7) is 6.91. The molecule has 2 aliphatic carbocycles. The molecule has 4 nitrogen and oxygen atoms in total. The van der Waals surface area contributed by atoms with Gasteiger partial charge in [-0.05, 0) is 78.3 Å². The van der Waals surface area contributed by atoms with Crippen molar-refractivity contribution in [2.75, 3.05) is 4.90 Å². The van der Waals surface area contributed by atoms with E-state index in [2.05, 4.69) is 44.0 Å². The number of carbonyl (C=O) groups excluding carboxylic acids is 2. The van der Waals surface area contributed by atoms with Crippen LogP contribution in [0.2, 0.25) is 5.02 Å². The van der Waals surface area contributed by atoms with Gasteiger partial charge in [0.15, 0.2) is 0 Å². The SMILES string of the molecule is CC(C)(C)[C@H]1CC[C@@H]2c3c([nH]c4ccccc34)[C@H]3C(=O)N(c4ccc(Cl)cc4)C(=O)[C@@H]3[C@@H]2C1. The van der Waals surface area contributed by atoms with Gasteiger partial charge < -0.3 is 4.98 Å². The first-order valence-electron chi connectivity index (χ1n) is 12.0. The molecule has 170 valence electrons. The van der Waals surface area contributed by atoms with Crippen LogP contribution in [0.3, 0.4) is 0 Å². The van der Waals surface area contributed by atoms with E-state index in [1.165, 1.54) is 15.8 Å². The normalized spacial score (nSPS) is 29.2. The Morgan fingerprint density at radius 1 is 0.970 bits per heavy atom. The van der Waals surface area contributed by atoms with Gasteiger partial charge in [-0.1, -0.05) is 50.6 Å². The molecule has 2 amide bonds. The molecule has 0 radical (unpaired) electrons. The Kier molecular flexibility index (Phi) is 4.58. The molecule has 1 saturated heterocycles. The largest absolute Gasteiger partial charge is 0.357 e. The molecule has 3 aromatic rings. The number of imide groups is 1. The summed E-state index contributed by atoms with van der Waals surface area (Å²) in [4.78, 5) is 32.8. The van der Waals surface area contributed by atoms with Crippen LogP contribution in [0.15, 0.2) is 48.5 Å². The van der Waals surface area contributed by atoms with E-state index in [-0.39, 0.29) is 29.1 Å². The van der Waals surface area contributed by atoms with E-state index < -0.39 is 5.92 Å². The molecule has 2 heterocycles. The molecule has 2 fully saturated rings. The Morgan fingerprint density at radius 2 is 1.70 bits per heavy atom. The van der Waals surface area contributed by atoms with Crippen molar-refractivity contribution in [3.63, 3.8) is 0 Å². The quantitative estimate of drug-likeness (QED) is 0.413. The first-order chi connectivity index (χ1) is 15.8. The van der Waals surface area contributed by atoms with Gasteiger partial charge in [-0.2, -0.15) is 0 Å². The van der Waals surface area contributed by atoms with Crippen LogP contribution in [0.25, 0.3) is 10.9 Å². The van der Waals surface area contributed by atoms with Gasteiger partial charge in [-0.15, -0.1) is 0 Å². The molecule has 1 saturated carbocycles. The highest BCUT2D eigenvalue weighted by Gasteiger charge is 2.59. The Morgan fingerprint density at radius 3 is 2.42 bits per heavy atom. The summed E-state index contributed by atoms with van der Waals surface area (Å²) in [6, 6.07) is 15.4. The number of anilines is 1. The molecule has 1 aromatic heterocycles. The Balaban J connectivity index is 1.52. The maximum atomic E-state index is 13.9. The molecule has 6 rings (SSSR count). The van der Waals surface area contributed by atoms with Crippen molar-refractivity contribution < 1.29 is 9.59 Å². The smallest absolute Gasteiger partial charge is 0.243 e. The van der Waals surface area contributed by atoms with Crippen molar-refractivity contribution in [2.24, 2.45) is 23.2 Å². The Hall–Kier alpha value is -2.59. The minimum atomic E-state index is -0.449. The number of nitrogens with zero attached hydrogens (tertiary/aromatic N) is 1. The summed E-state index contributed by atoms with van der Waals surface area (Å²) in [5.74, 6) is 0.0853. The van der Waals surface area contributed by atoms with Gasteiger partial charge in [0.2, 0.25) is 11.8 Å². The van der Waals surface area contributed by atoms with Gasteiger partial charge in [0.1, 0.15) is 0 Å². The summed E-state index contributed by atoms with van der Waals surface area (Å²) in [7, 11) is 0. The fourth-order valence-corrected chi connectivity index (χ4v) is 6.97. The lowest BCUT2D eigenvalue weighted by molar-refractivity contribution is -0.123. The van der Waals surface area contributed by atoms with Crippen LogP contribution in [-0.2, 0) is 9.59 Å². The van der Waals surface area contributed by atoms with E-state index in [1.807, 2.05) is 6.07 Å². The van der Waals surface area contributed by atoms with E-state index >= 15 is 0 Å². The van der Waals surface area contributed by atoms with Gasteiger partial charge in [0.05, 0.1) is 17.5 Å². The molecule has 0 unspecified atom stereocenters. The standard InChI is InChI=1S/C28H29ClN2O2/c1-28(2,3)15-8-13-18-20(14-15)23-24(25-22(18)19-6-4-5-7-21(19)30-25)27(33)31(26(23)32)17-11-9-16(29)10-12-17/h4-7,9-12,15,18,20,23-24,30H,8,13-14H2,1-3H3/t15-,18-,20+,23+,24-/m0/s1. The van der Waals surface area contributed by atoms with E-state index in [0.717, 1.165) is 30.5 Å². The van der Waals surface area contributed by atoms with Crippen LogP contribution in [0, 0.1) is 23.2 Å². The van der Waals surface area contributed by atoms with Crippen molar-refractivity contribution in [3.8, 4) is 0 Å². The van der Waals surface area contributed by atoms with Crippen molar-refractivity contribution in [2.45, 2.75) is 51.9 Å². The molecular weight excluding hydrogens is 432 g/mol. The Bertz CT molecular complexity index is 1270. The average molecular weight is 461 g/mol. The molecule has 5 heteroatoms. The van der Waals surface area contributed by atoms with Gasteiger partial charge >= 0.3 is 0 Å². The monoisotopic (exact) mass is 460 g/mol. The predicted molar refractivity (Wildman–Crippen MR) is 132 cm³/mol. The minimum absolute atomic E-state index is 0.0545. The first kappa shape index (κ1) is 21.0. The fourth-order valence-electron chi connectivity index (χ4n) is 6.85. The lowest BCUT2D eigenvalue weighted by atomic mass is 9.56. The summed E-state index contributed by atoms with van der Waals surface area (Å²) < 4.78 is 0. The number of aromatic nitrogens is 1. The van der Waals surface area contributed by atoms with E-state index in [9.17, 15) is 9.59 Å². The van der Waals surface area contributed by atoms with Crippen molar-refractivity contribution >= 4 is 40.0 Å². The Labute approximate surface area is 199 Å². The van der Waals surface area contributed by atoms with Crippen molar-refractivity contribution in [1.29, 1.82) is 0 Å². The topological polar surface area (TPSA) is 53.2 Å². The molecule has 5 atom stereocenters. The second kappa shape index (κ2) is 7.20. The number of nitrogens with one attached hydrogen (secondary N) is 1. The molecule has 1 aliphatic heterocycles. The number of rotatable bonds is 1. The number of benzene rings is 2. The van der Waals surface area contributed by atoms with Crippen LogP contribution in [0.1, 0.15) is 63.1 Å². The van der Waals surface area contributed by atoms with Crippen LogP contribution in [-0.4, -0.2) is 16.8 Å². The number of halogens is 1. The highest BCUT2D eigenvalue weighted by atomic mass is 35.5. The highest BCUT2D eigenvalue weighted by molar-refractivity contribution is 6.31. The van der Waals surface area contributed by atoms with E-state index in [0.29, 0.717) is 22.5 Å². The number of carbonyl (C=O) groups is 2. The summed E-state index contributed by atoms with van der Waals surface area (Å²) in [5, 5.41) is 1.80. The number of para-hydroxylation sites is 1. The molecule has 1 N–H and O–H groups in total. The van der Waals surface area contributed by atoms with Crippen molar-refractivity contribution in [3.05, 3.63) is 64.8 Å². The minimum Gasteiger partial charge on any atom is -0.357 e. The van der Waals surface area contributed by atoms with Crippen LogP contribution < -0.4 is 4.90 Å². The van der Waals surface area contributed by atoms with Gasteiger partial charge in [0, 0.05) is 21.6 Å². The molecule has 3 aliphatic rings. The lowest BCUT2D eigenvalue weighted by Crippen LogP contribution is -2.41. The van der Waals surface area contributed by atoms with Crippen LogP contribution in [0.4, 0.5) is 5.69 Å². The third-order valence-corrected chi connectivity index (χ3v) is 8.73. The molecule has 0 spiro atoms. The number of fused-ring (bicyclic) bond motifs is 8. The summed E-state index contributed by atoms with van der Waals surface area (Å²) in [5.41, 5.74) is 4.10. The zero-order chi connectivity index (χ0) is 23.1. The van der Waals surface area contributed by atoms with Crippen molar-refractivity contribution in [1.82, 2.24) is 4.98 Å². The highest BCUT2D eigenvalue weighted by Crippen LogP contribution is 2.59. The number of hydrogen-bond donors (Lipinski definition) is 1. The third kappa shape index (κ3) is 3.03. The zero-order valence-electron chi connectivity index (χ0n) is 19.3. The maximum Gasteiger partial charge on any atom is 0.243 e. The second-order valence-electron chi connectivity index (χ2n) is 11.1. The number of hydrogen-bond acceptors (Lipinski definition) is 2. The van der Waals surface area contributed by atoms with Crippen LogP contribution in [0.5, 0.6) is 0 Å². The number of aromatic amines is 1. The summed E-state index contributed by atoms with van der Waals surface area (Å²) in [6.07, 6.45) is 3.21. The average Bonchev–Trinajstić information content (AvgIpc) is 3.29. The maximum absolute atomic E-state index is 13.9. The summed E-state index contributed by atoms with van der Waals surface area (Å²) >= 11 is 6.08. The van der Waals surface area contributed by atoms with E-state index in [4.69, 9.17) is 11.6 Å². The molecule has 0 bridgehead atoms.